The molecule has 116 valence electrons. The van der Waals surface area contributed by atoms with Crippen LogP contribution in [0.25, 0.3) is 0 Å². The van der Waals surface area contributed by atoms with E-state index in [4.69, 9.17) is 4.43 Å². The average Bonchev–Trinajstić information content (AvgIpc) is 2.40. The van der Waals surface area contributed by atoms with Crippen molar-refractivity contribution in [3.05, 3.63) is 11.1 Å². The summed E-state index contributed by atoms with van der Waals surface area (Å²) < 4.78 is 6.68. The molecule has 20 heavy (non-hydrogen) atoms. The Labute approximate surface area is 126 Å². The highest BCUT2D eigenvalue weighted by Gasteiger charge is 2.38. The molecule has 0 unspecified atom stereocenters. The lowest BCUT2D eigenvalue weighted by Gasteiger charge is -2.42. The van der Waals surface area contributed by atoms with Crippen LogP contribution in [0.15, 0.2) is 11.1 Å². The topological polar surface area (TPSA) is 26.3 Å². The quantitative estimate of drug-likeness (QED) is 0.371. The molecule has 0 aromatic rings. The van der Waals surface area contributed by atoms with Gasteiger partial charge in [0.15, 0.2) is 8.32 Å². The smallest absolute Gasteiger partial charge is 0.192 e. The van der Waals surface area contributed by atoms with Gasteiger partial charge in [-0.25, -0.2) is 0 Å². The van der Waals surface area contributed by atoms with Crippen LogP contribution in [0.1, 0.15) is 60.8 Å². The van der Waals surface area contributed by atoms with Gasteiger partial charge in [-0.05, 0) is 43.3 Å². The zero-order valence-corrected chi connectivity index (χ0v) is 15.2. The van der Waals surface area contributed by atoms with Gasteiger partial charge in [-0.1, -0.05) is 45.8 Å². The molecular formula is C17H32O2Si. The Kier molecular flexibility index (Phi) is 6.20. The molecule has 1 aliphatic carbocycles. The molecule has 0 saturated carbocycles. The van der Waals surface area contributed by atoms with Crippen LogP contribution in [-0.2, 0) is 9.22 Å². The van der Waals surface area contributed by atoms with Gasteiger partial charge in [0.25, 0.3) is 0 Å². The van der Waals surface area contributed by atoms with Gasteiger partial charge in [-0.2, -0.15) is 0 Å². The minimum absolute atomic E-state index is 0.100. The maximum absolute atomic E-state index is 10.9. The number of hydrogen-bond donors (Lipinski definition) is 0. The fourth-order valence-corrected chi connectivity index (χ4v) is 6.65. The first-order valence-corrected chi connectivity index (χ1v) is 10.7. The number of hydrogen-bond acceptors (Lipinski definition) is 2. The summed E-state index contributed by atoms with van der Waals surface area (Å²) in [6, 6.07) is 3.63. The summed E-state index contributed by atoms with van der Waals surface area (Å²) in [6.07, 6.45) is 4.06. The van der Waals surface area contributed by atoms with Gasteiger partial charge in [0, 0.05) is 12.5 Å². The number of carbonyl (C=O) groups excluding carboxylic acids is 1. The molecule has 3 heteroatoms. The fourth-order valence-electron chi connectivity index (χ4n) is 3.78. The van der Waals surface area contributed by atoms with Crippen LogP contribution < -0.4 is 0 Å². The summed E-state index contributed by atoms with van der Waals surface area (Å²) in [4.78, 5) is 10.9. The average molecular weight is 297 g/mol. The molecule has 1 atom stereocenters. The van der Waals surface area contributed by atoms with Crippen molar-refractivity contribution >= 4 is 14.6 Å². The van der Waals surface area contributed by atoms with Crippen LogP contribution >= 0.6 is 0 Å². The normalized spacial score (nSPS) is 23.0. The molecule has 0 heterocycles. The van der Waals surface area contributed by atoms with Crippen LogP contribution in [0.4, 0.5) is 0 Å². The molecule has 0 bridgehead atoms. The van der Waals surface area contributed by atoms with Gasteiger partial charge in [-0.15, -0.1) is 0 Å². The van der Waals surface area contributed by atoms with E-state index in [-0.39, 0.29) is 5.41 Å². The van der Waals surface area contributed by atoms with Crippen LogP contribution in [-0.4, -0.2) is 20.7 Å². The molecule has 0 aliphatic heterocycles. The van der Waals surface area contributed by atoms with Crippen molar-refractivity contribution in [3.8, 4) is 0 Å². The monoisotopic (exact) mass is 296 g/mol. The van der Waals surface area contributed by atoms with Gasteiger partial charge < -0.3 is 9.22 Å². The van der Waals surface area contributed by atoms with E-state index < -0.39 is 8.32 Å². The third-order valence-corrected chi connectivity index (χ3v) is 9.94. The second-order valence-corrected chi connectivity index (χ2v) is 11.6. The second-order valence-electron chi connectivity index (χ2n) is 6.91. The van der Waals surface area contributed by atoms with E-state index in [1.807, 2.05) is 0 Å². The Morgan fingerprint density at radius 1 is 1.25 bits per heavy atom. The number of rotatable bonds is 7. The van der Waals surface area contributed by atoms with Crippen LogP contribution in [0.2, 0.25) is 18.1 Å². The van der Waals surface area contributed by atoms with Crippen molar-refractivity contribution in [2.75, 3.05) is 0 Å². The van der Waals surface area contributed by atoms with Crippen molar-refractivity contribution in [2.24, 2.45) is 5.41 Å². The summed E-state index contributed by atoms with van der Waals surface area (Å²) in [6.45, 7) is 13.6. The first-order valence-electron chi connectivity index (χ1n) is 8.14. The molecular weight excluding hydrogens is 264 g/mol. The van der Waals surface area contributed by atoms with Gasteiger partial charge in [0.2, 0.25) is 0 Å². The highest BCUT2D eigenvalue weighted by molar-refractivity contribution is 6.73. The highest BCUT2D eigenvalue weighted by atomic mass is 28.4. The van der Waals surface area contributed by atoms with Crippen LogP contribution in [0.5, 0.6) is 0 Å². The first-order chi connectivity index (χ1) is 9.34. The third-order valence-electron chi connectivity index (χ3n) is 5.24. The van der Waals surface area contributed by atoms with E-state index in [2.05, 4.69) is 41.5 Å². The van der Waals surface area contributed by atoms with Crippen LogP contribution in [0, 0.1) is 5.41 Å². The van der Waals surface area contributed by atoms with Crippen molar-refractivity contribution < 1.29 is 9.22 Å². The van der Waals surface area contributed by atoms with E-state index in [0.717, 1.165) is 19.1 Å². The molecule has 0 fully saturated rings. The number of aldehydes is 1. The Bertz CT molecular complexity index is 359. The van der Waals surface area contributed by atoms with Crippen molar-refractivity contribution in [2.45, 2.75) is 85.0 Å². The second kappa shape index (κ2) is 7.03. The van der Waals surface area contributed by atoms with Gasteiger partial charge >= 0.3 is 0 Å². The lowest BCUT2D eigenvalue weighted by atomic mass is 9.71. The molecule has 0 radical (unpaired) electrons. The van der Waals surface area contributed by atoms with E-state index >= 15 is 0 Å². The predicted molar refractivity (Wildman–Crippen MR) is 88.5 cm³/mol. The first kappa shape index (κ1) is 17.6. The molecule has 0 N–H and O–H groups in total. The van der Waals surface area contributed by atoms with Gasteiger partial charge in [0.1, 0.15) is 6.29 Å². The molecule has 0 aromatic heterocycles. The molecule has 0 spiro atoms. The summed E-state index contributed by atoms with van der Waals surface area (Å²) in [5.41, 5.74) is 2.82. The third kappa shape index (κ3) is 3.82. The Morgan fingerprint density at radius 2 is 1.80 bits per heavy atom. The fraction of sp³-hybridized carbons (Fsp3) is 0.824. The van der Waals surface area contributed by atoms with E-state index in [9.17, 15) is 4.79 Å². The molecule has 2 nitrogen and oxygen atoms in total. The molecule has 0 aromatic carbocycles. The summed E-state index contributed by atoms with van der Waals surface area (Å²) >= 11 is 0. The lowest BCUT2D eigenvalue weighted by Crippen LogP contribution is -2.43. The highest BCUT2D eigenvalue weighted by Crippen LogP contribution is 2.43. The van der Waals surface area contributed by atoms with Crippen LogP contribution in [0.3, 0.4) is 0 Å². The molecule has 0 saturated heterocycles. The Morgan fingerprint density at radius 3 is 2.20 bits per heavy atom. The molecule has 1 aliphatic rings. The minimum Gasteiger partial charge on any atom is -0.414 e. The van der Waals surface area contributed by atoms with Crippen molar-refractivity contribution in [1.82, 2.24) is 0 Å². The van der Waals surface area contributed by atoms with Crippen molar-refractivity contribution in [1.29, 1.82) is 0 Å². The zero-order valence-electron chi connectivity index (χ0n) is 14.2. The lowest BCUT2D eigenvalue weighted by molar-refractivity contribution is -0.107. The standard InChI is InChI=1S/C17H32O2Si/c1-7-20(8-2,9-3)19-15-12-14(4)16(10-11-18)17(5,6)13-15/h11,15H,7-10,12-13H2,1-6H3/t15-/m0/s1. The minimum atomic E-state index is -1.53. The predicted octanol–water partition coefficient (Wildman–Crippen LogP) is 5.10. The summed E-state index contributed by atoms with van der Waals surface area (Å²) in [7, 11) is -1.53. The number of carbonyl (C=O) groups is 1. The number of allylic oxidation sites excluding steroid dienone is 1. The molecule has 0 amide bonds. The van der Waals surface area contributed by atoms with E-state index in [1.165, 1.54) is 29.3 Å². The van der Waals surface area contributed by atoms with E-state index in [1.54, 1.807) is 0 Å². The largest absolute Gasteiger partial charge is 0.414 e. The Hall–Kier alpha value is -0.413. The maximum atomic E-state index is 10.9. The molecule has 1 rings (SSSR count). The Balaban J connectivity index is 2.90. The van der Waals surface area contributed by atoms with E-state index in [0.29, 0.717) is 12.5 Å². The summed E-state index contributed by atoms with van der Waals surface area (Å²) in [5.74, 6) is 0. The maximum Gasteiger partial charge on any atom is 0.192 e. The SMILES string of the molecule is CC[Si](CC)(CC)O[C@H]1CC(C)=C(CC=O)C(C)(C)C1. The van der Waals surface area contributed by atoms with Crippen molar-refractivity contribution in [3.63, 3.8) is 0 Å². The van der Waals surface area contributed by atoms with Gasteiger partial charge in [0.05, 0.1) is 0 Å². The zero-order chi connectivity index (χ0) is 15.4. The summed E-state index contributed by atoms with van der Waals surface area (Å²) in [5, 5.41) is 0. The van der Waals surface area contributed by atoms with Gasteiger partial charge in [-0.3, -0.25) is 0 Å².